The molecule has 1 saturated heterocycles. The molecule has 0 aromatic rings. The summed E-state index contributed by atoms with van der Waals surface area (Å²) < 4.78 is 0. The molecule has 0 saturated carbocycles. The van der Waals surface area contributed by atoms with Gasteiger partial charge in [0.2, 0.25) is 0 Å². The van der Waals surface area contributed by atoms with Crippen LogP contribution in [0.5, 0.6) is 0 Å². The van der Waals surface area contributed by atoms with E-state index in [9.17, 15) is 4.79 Å². The van der Waals surface area contributed by atoms with Crippen molar-refractivity contribution in [3.63, 3.8) is 0 Å². The van der Waals surface area contributed by atoms with Crippen LogP contribution in [0.1, 0.15) is 20.3 Å². The fraction of sp³-hybridized carbons (Fsp3) is 0.900. The van der Waals surface area contributed by atoms with Gasteiger partial charge in [0, 0.05) is 27.2 Å². The maximum Gasteiger partial charge on any atom is 0.319 e. The fourth-order valence-corrected chi connectivity index (χ4v) is 1.79. The van der Waals surface area contributed by atoms with E-state index in [1.807, 2.05) is 19.0 Å². The molecule has 0 N–H and O–H groups in total. The maximum atomic E-state index is 11.6. The summed E-state index contributed by atoms with van der Waals surface area (Å²) in [6, 6.07) is 0.156. The first-order valence-electron chi connectivity index (χ1n) is 4.98. The smallest absolute Gasteiger partial charge is 0.319 e. The predicted octanol–water partition coefficient (Wildman–Crippen LogP) is 1.65. The lowest BCUT2D eigenvalue weighted by molar-refractivity contribution is 0.178. The van der Waals surface area contributed by atoms with Crippen molar-refractivity contribution in [1.82, 2.24) is 9.80 Å². The van der Waals surface area contributed by atoms with Crippen LogP contribution in [-0.2, 0) is 0 Å². The van der Waals surface area contributed by atoms with Crippen molar-refractivity contribution < 1.29 is 4.79 Å². The van der Waals surface area contributed by atoms with Gasteiger partial charge >= 0.3 is 6.03 Å². The molecule has 1 atom stereocenters. The lowest BCUT2D eigenvalue weighted by Crippen LogP contribution is -2.37. The third-order valence-corrected chi connectivity index (χ3v) is 2.82. The first kappa shape index (κ1) is 10.4. The molecule has 1 rings (SSSR count). The highest BCUT2D eigenvalue weighted by Crippen LogP contribution is 2.23. The number of amides is 2. The van der Waals surface area contributed by atoms with Crippen LogP contribution < -0.4 is 0 Å². The van der Waals surface area contributed by atoms with Crippen LogP contribution in [0.2, 0.25) is 0 Å². The van der Waals surface area contributed by atoms with E-state index >= 15 is 0 Å². The number of hydrogen-bond acceptors (Lipinski definition) is 1. The Kier molecular flexibility index (Phi) is 3.17. The second-order valence-electron chi connectivity index (χ2n) is 4.42. The molecule has 76 valence electrons. The SMILES string of the molecule is CC(C)C1CCN(C(=O)N(C)C)C1. The first-order valence-corrected chi connectivity index (χ1v) is 4.98. The Bertz CT molecular complexity index is 189. The van der Waals surface area contributed by atoms with Gasteiger partial charge in [0.05, 0.1) is 0 Å². The zero-order chi connectivity index (χ0) is 10.0. The number of nitrogens with zero attached hydrogens (tertiary/aromatic N) is 2. The lowest BCUT2D eigenvalue weighted by atomic mass is 9.95. The third kappa shape index (κ3) is 2.36. The highest BCUT2D eigenvalue weighted by atomic mass is 16.2. The summed E-state index contributed by atoms with van der Waals surface area (Å²) in [6.45, 7) is 6.33. The van der Waals surface area contributed by atoms with Crippen LogP contribution in [-0.4, -0.2) is 43.0 Å². The normalized spacial score (nSPS) is 22.5. The Morgan fingerprint density at radius 3 is 2.46 bits per heavy atom. The zero-order valence-corrected chi connectivity index (χ0v) is 9.08. The summed E-state index contributed by atoms with van der Waals surface area (Å²) in [6.07, 6.45) is 1.16. The van der Waals surface area contributed by atoms with E-state index in [2.05, 4.69) is 13.8 Å². The van der Waals surface area contributed by atoms with E-state index in [4.69, 9.17) is 0 Å². The molecule has 0 aliphatic carbocycles. The minimum absolute atomic E-state index is 0.156. The quantitative estimate of drug-likeness (QED) is 0.608. The molecule has 3 nitrogen and oxygen atoms in total. The van der Waals surface area contributed by atoms with Crippen LogP contribution in [0.4, 0.5) is 4.79 Å². The van der Waals surface area contributed by atoms with E-state index in [0.717, 1.165) is 19.5 Å². The van der Waals surface area contributed by atoms with Gasteiger partial charge in [0.25, 0.3) is 0 Å². The molecule has 0 spiro atoms. The summed E-state index contributed by atoms with van der Waals surface area (Å²) in [4.78, 5) is 15.2. The van der Waals surface area contributed by atoms with Crippen molar-refractivity contribution >= 4 is 6.03 Å². The largest absolute Gasteiger partial charge is 0.331 e. The van der Waals surface area contributed by atoms with Gasteiger partial charge in [-0.1, -0.05) is 13.8 Å². The van der Waals surface area contributed by atoms with Gasteiger partial charge < -0.3 is 9.80 Å². The highest BCUT2D eigenvalue weighted by molar-refractivity contribution is 5.74. The topological polar surface area (TPSA) is 23.6 Å². The summed E-state index contributed by atoms with van der Waals surface area (Å²) >= 11 is 0. The van der Waals surface area contributed by atoms with E-state index in [-0.39, 0.29) is 6.03 Å². The van der Waals surface area contributed by atoms with Gasteiger partial charge in [-0.2, -0.15) is 0 Å². The van der Waals surface area contributed by atoms with Gasteiger partial charge in [-0.25, -0.2) is 4.79 Å². The molecule has 0 aromatic heterocycles. The molecule has 0 radical (unpaired) electrons. The maximum absolute atomic E-state index is 11.6. The Hall–Kier alpha value is -0.730. The van der Waals surface area contributed by atoms with Crippen LogP contribution in [0.15, 0.2) is 0 Å². The molecule has 1 aliphatic heterocycles. The van der Waals surface area contributed by atoms with Gasteiger partial charge in [-0.05, 0) is 18.3 Å². The standard InChI is InChI=1S/C10H20N2O/c1-8(2)9-5-6-12(7-9)10(13)11(3)4/h8-9H,5-7H2,1-4H3. The van der Waals surface area contributed by atoms with Gasteiger partial charge in [-0.3, -0.25) is 0 Å². The average Bonchev–Trinajstić information content (AvgIpc) is 2.50. The van der Waals surface area contributed by atoms with E-state index < -0.39 is 0 Å². The Morgan fingerprint density at radius 2 is 2.08 bits per heavy atom. The minimum Gasteiger partial charge on any atom is -0.331 e. The Morgan fingerprint density at radius 1 is 1.46 bits per heavy atom. The van der Waals surface area contributed by atoms with Crippen LogP contribution in [0, 0.1) is 11.8 Å². The number of hydrogen-bond donors (Lipinski definition) is 0. The van der Waals surface area contributed by atoms with Crippen LogP contribution >= 0.6 is 0 Å². The van der Waals surface area contributed by atoms with Gasteiger partial charge in [-0.15, -0.1) is 0 Å². The van der Waals surface area contributed by atoms with Crippen molar-refractivity contribution in [2.24, 2.45) is 11.8 Å². The number of rotatable bonds is 1. The molecule has 1 fully saturated rings. The van der Waals surface area contributed by atoms with Crippen LogP contribution in [0.3, 0.4) is 0 Å². The average molecular weight is 184 g/mol. The summed E-state index contributed by atoms with van der Waals surface area (Å²) in [7, 11) is 3.62. The molecule has 0 bridgehead atoms. The number of carbonyl (C=O) groups is 1. The fourth-order valence-electron chi connectivity index (χ4n) is 1.79. The molecule has 1 aliphatic rings. The second-order valence-corrected chi connectivity index (χ2v) is 4.42. The van der Waals surface area contributed by atoms with Crippen molar-refractivity contribution in [2.75, 3.05) is 27.2 Å². The van der Waals surface area contributed by atoms with Crippen molar-refractivity contribution in [1.29, 1.82) is 0 Å². The molecular formula is C10H20N2O. The Labute approximate surface area is 80.7 Å². The summed E-state index contributed by atoms with van der Waals surface area (Å²) in [5, 5.41) is 0. The van der Waals surface area contributed by atoms with Crippen molar-refractivity contribution in [3.05, 3.63) is 0 Å². The molecule has 1 unspecified atom stereocenters. The van der Waals surface area contributed by atoms with E-state index in [0.29, 0.717) is 11.8 Å². The number of carbonyl (C=O) groups excluding carboxylic acids is 1. The molecule has 2 amide bonds. The molecule has 0 aromatic carbocycles. The van der Waals surface area contributed by atoms with Gasteiger partial charge in [0.1, 0.15) is 0 Å². The third-order valence-electron chi connectivity index (χ3n) is 2.82. The molecular weight excluding hydrogens is 164 g/mol. The van der Waals surface area contributed by atoms with Gasteiger partial charge in [0.15, 0.2) is 0 Å². The summed E-state index contributed by atoms with van der Waals surface area (Å²) in [5.74, 6) is 1.39. The van der Waals surface area contributed by atoms with E-state index in [1.54, 1.807) is 4.90 Å². The zero-order valence-electron chi connectivity index (χ0n) is 9.08. The van der Waals surface area contributed by atoms with Crippen molar-refractivity contribution in [2.45, 2.75) is 20.3 Å². The predicted molar refractivity (Wildman–Crippen MR) is 53.6 cm³/mol. The van der Waals surface area contributed by atoms with Crippen LogP contribution in [0.25, 0.3) is 0 Å². The summed E-state index contributed by atoms with van der Waals surface area (Å²) in [5.41, 5.74) is 0. The second kappa shape index (κ2) is 3.99. The molecule has 1 heterocycles. The van der Waals surface area contributed by atoms with E-state index in [1.165, 1.54) is 0 Å². The molecule has 3 heteroatoms. The van der Waals surface area contributed by atoms with Crippen molar-refractivity contribution in [3.8, 4) is 0 Å². The number of likely N-dealkylation sites (tertiary alicyclic amines) is 1. The minimum atomic E-state index is 0.156. The first-order chi connectivity index (χ1) is 6.02. The molecule has 13 heavy (non-hydrogen) atoms. The lowest BCUT2D eigenvalue weighted by Gasteiger charge is -2.22. The Balaban J connectivity index is 2.45. The monoisotopic (exact) mass is 184 g/mol. The highest BCUT2D eigenvalue weighted by Gasteiger charge is 2.28. The number of urea groups is 1.